The molecule has 2 aromatic carbocycles. The lowest BCUT2D eigenvalue weighted by Crippen LogP contribution is -2.49. The molecule has 1 saturated heterocycles. The number of carboxylic acids is 1. The van der Waals surface area contributed by atoms with E-state index in [1.807, 2.05) is 61.5 Å². The zero-order valence-electron chi connectivity index (χ0n) is 18.4. The van der Waals surface area contributed by atoms with Gasteiger partial charge in [0, 0.05) is 42.8 Å². The lowest BCUT2D eigenvalue weighted by atomic mass is 9.79. The van der Waals surface area contributed by atoms with E-state index in [0.717, 1.165) is 33.8 Å². The Morgan fingerprint density at radius 1 is 1.09 bits per heavy atom. The largest absolute Gasteiger partial charge is 0.482 e. The average Bonchev–Trinajstić information content (AvgIpc) is 3.15. The predicted octanol–water partition coefficient (Wildman–Crippen LogP) is 3.96. The van der Waals surface area contributed by atoms with Gasteiger partial charge in [0.25, 0.3) is 0 Å². The van der Waals surface area contributed by atoms with Crippen molar-refractivity contribution in [3.05, 3.63) is 71.4 Å². The van der Waals surface area contributed by atoms with E-state index in [-0.39, 0.29) is 19.2 Å². The van der Waals surface area contributed by atoms with E-state index >= 15 is 0 Å². The Kier molecular flexibility index (Phi) is 5.28. The van der Waals surface area contributed by atoms with Crippen LogP contribution in [0.1, 0.15) is 29.7 Å². The van der Waals surface area contributed by atoms with Crippen molar-refractivity contribution in [1.82, 2.24) is 14.7 Å². The first-order valence-electron chi connectivity index (χ1n) is 11.0. The van der Waals surface area contributed by atoms with E-state index in [4.69, 9.17) is 9.47 Å². The van der Waals surface area contributed by atoms with Gasteiger partial charge in [-0.1, -0.05) is 42.5 Å². The number of fused-ring (bicyclic) bond motifs is 4. The highest BCUT2D eigenvalue weighted by Crippen LogP contribution is 2.50. The number of carboxylic acid groups (broad SMARTS) is 1. The van der Waals surface area contributed by atoms with Crippen LogP contribution in [0.5, 0.6) is 5.75 Å². The molecule has 0 aliphatic carbocycles. The zero-order valence-corrected chi connectivity index (χ0v) is 18.4. The summed E-state index contributed by atoms with van der Waals surface area (Å²) >= 11 is 0. The highest BCUT2D eigenvalue weighted by molar-refractivity contribution is 5.75. The van der Waals surface area contributed by atoms with Gasteiger partial charge in [-0.25, -0.2) is 4.79 Å². The van der Waals surface area contributed by atoms with E-state index in [1.165, 1.54) is 4.68 Å². The molecule has 8 heteroatoms. The second-order valence-electron chi connectivity index (χ2n) is 8.48. The van der Waals surface area contributed by atoms with Gasteiger partial charge in [-0.3, -0.25) is 9.48 Å². The maximum absolute atomic E-state index is 12.7. The van der Waals surface area contributed by atoms with E-state index in [2.05, 4.69) is 5.10 Å². The third-order valence-electron chi connectivity index (χ3n) is 6.43. The van der Waals surface area contributed by atoms with Gasteiger partial charge in [0.2, 0.25) is 0 Å². The molecule has 0 saturated carbocycles. The van der Waals surface area contributed by atoms with Gasteiger partial charge < -0.3 is 19.5 Å². The van der Waals surface area contributed by atoms with Gasteiger partial charge in [0.1, 0.15) is 30.2 Å². The van der Waals surface area contributed by atoms with Crippen LogP contribution < -0.4 is 4.74 Å². The van der Waals surface area contributed by atoms with Crippen molar-refractivity contribution in [3.63, 3.8) is 0 Å². The Morgan fingerprint density at radius 2 is 1.79 bits per heavy atom. The molecule has 170 valence electrons. The van der Waals surface area contributed by atoms with Crippen LogP contribution >= 0.6 is 0 Å². The van der Waals surface area contributed by atoms with Gasteiger partial charge in [-0.05, 0) is 24.6 Å². The Bertz CT molecular complexity index is 1200. The molecule has 0 atom stereocenters. The molecule has 0 unspecified atom stereocenters. The van der Waals surface area contributed by atoms with Gasteiger partial charge in [0.15, 0.2) is 0 Å². The fourth-order valence-corrected chi connectivity index (χ4v) is 4.79. The molecule has 1 fully saturated rings. The summed E-state index contributed by atoms with van der Waals surface area (Å²) in [6, 6.07) is 17.3. The minimum absolute atomic E-state index is 0.213. The summed E-state index contributed by atoms with van der Waals surface area (Å²) in [6.07, 6.45) is 0.784. The fourth-order valence-electron chi connectivity index (χ4n) is 4.79. The first kappa shape index (κ1) is 21.1. The smallest absolute Gasteiger partial charge is 0.410 e. The van der Waals surface area contributed by atoms with Crippen LogP contribution in [0.15, 0.2) is 54.6 Å². The van der Waals surface area contributed by atoms with E-state index < -0.39 is 11.6 Å². The molecule has 2 aliphatic rings. The van der Waals surface area contributed by atoms with Crippen LogP contribution in [-0.4, -0.2) is 44.9 Å². The number of para-hydroxylation sites is 1. The third kappa shape index (κ3) is 3.82. The van der Waals surface area contributed by atoms with Crippen molar-refractivity contribution >= 4 is 12.1 Å². The summed E-state index contributed by atoms with van der Waals surface area (Å²) in [7, 11) is 0. The summed E-state index contributed by atoms with van der Waals surface area (Å²) in [5, 5.41) is 14.0. The predicted molar refractivity (Wildman–Crippen MR) is 120 cm³/mol. The zero-order chi connectivity index (χ0) is 23.0. The molecule has 0 radical (unpaired) electrons. The molecule has 1 N–H and O–H groups in total. The van der Waals surface area contributed by atoms with E-state index in [9.17, 15) is 14.7 Å². The SMILES string of the molecule is Cc1c2c(nn1CC(=O)O)-c1ccccc1OC21CCN(C(=O)OCc2ccccc2)CC1. The number of likely N-dealkylation sites (tertiary alicyclic amines) is 1. The highest BCUT2D eigenvalue weighted by Gasteiger charge is 2.47. The minimum Gasteiger partial charge on any atom is -0.482 e. The number of amides is 1. The van der Waals surface area contributed by atoms with Crippen LogP contribution in [0.2, 0.25) is 0 Å². The first-order chi connectivity index (χ1) is 16.0. The molecule has 0 bridgehead atoms. The molecule has 3 aromatic rings. The van der Waals surface area contributed by atoms with Crippen LogP contribution in [0.25, 0.3) is 11.3 Å². The van der Waals surface area contributed by atoms with Crippen molar-refractivity contribution in [3.8, 4) is 17.0 Å². The average molecular weight is 447 g/mol. The lowest BCUT2D eigenvalue weighted by molar-refractivity contribution is -0.137. The number of ether oxygens (including phenoxy) is 2. The van der Waals surface area contributed by atoms with Crippen LogP contribution in [-0.2, 0) is 28.3 Å². The number of piperidine rings is 1. The number of aromatic nitrogens is 2. The molecule has 1 amide bonds. The summed E-state index contributed by atoms with van der Waals surface area (Å²) in [5.74, 6) is -0.220. The number of nitrogens with zero attached hydrogens (tertiary/aromatic N) is 3. The van der Waals surface area contributed by atoms with Gasteiger partial charge in [-0.15, -0.1) is 0 Å². The van der Waals surface area contributed by atoms with E-state index in [1.54, 1.807) is 4.90 Å². The molecule has 33 heavy (non-hydrogen) atoms. The Morgan fingerprint density at radius 3 is 2.52 bits per heavy atom. The molecule has 3 heterocycles. The monoisotopic (exact) mass is 447 g/mol. The van der Waals surface area contributed by atoms with Crippen molar-refractivity contribution in [2.24, 2.45) is 0 Å². The molecule has 8 nitrogen and oxygen atoms in total. The summed E-state index contributed by atoms with van der Waals surface area (Å²) < 4.78 is 13.6. The highest BCUT2D eigenvalue weighted by atomic mass is 16.6. The molecule has 2 aliphatic heterocycles. The quantitative estimate of drug-likeness (QED) is 0.651. The van der Waals surface area contributed by atoms with Crippen molar-refractivity contribution in [2.45, 2.75) is 38.5 Å². The molecular weight excluding hydrogens is 422 g/mol. The normalized spacial score (nSPS) is 16.0. The summed E-state index contributed by atoms with van der Waals surface area (Å²) in [5.41, 5.74) is 3.59. The minimum atomic E-state index is -0.947. The number of hydrogen-bond donors (Lipinski definition) is 1. The number of rotatable bonds is 4. The number of hydrogen-bond acceptors (Lipinski definition) is 5. The van der Waals surface area contributed by atoms with Crippen LogP contribution in [0.4, 0.5) is 4.79 Å². The third-order valence-corrected chi connectivity index (χ3v) is 6.43. The fraction of sp³-hybridized carbons (Fsp3) is 0.320. The molecule has 5 rings (SSSR count). The van der Waals surface area contributed by atoms with Gasteiger partial charge in [-0.2, -0.15) is 5.10 Å². The van der Waals surface area contributed by atoms with Crippen LogP contribution in [0, 0.1) is 6.92 Å². The Labute approximate surface area is 191 Å². The van der Waals surface area contributed by atoms with Gasteiger partial charge >= 0.3 is 12.1 Å². The number of aliphatic carboxylic acids is 1. The molecular formula is C25H25N3O5. The van der Waals surface area contributed by atoms with E-state index in [0.29, 0.717) is 25.9 Å². The van der Waals surface area contributed by atoms with Crippen molar-refractivity contribution in [1.29, 1.82) is 0 Å². The standard InChI is InChI=1S/C25H25N3O5/c1-17-22-23(26-28(17)15-21(29)30)19-9-5-6-10-20(19)33-25(22)11-13-27(14-12-25)24(31)32-16-18-7-3-2-4-8-18/h2-10H,11-16H2,1H3,(H,29,30). The second kappa shape index (κ2) is 8.27. The Hall–Kier alpha value is -3.81. The van der Waals surface area contributed by atoms with Crippen molar-refractivity contribution in [2.75, 3.05) is 13.1 Å². The molecule has 1 spiro atoms. The lowest BCUT2D eigenvalue weighted by Gasteiger charge is -2.44. The maximum Gasteiger partial charge on any atom is 0.410 e. The Balaban J connectivity index is 1.38. The summed E-state index contributed by atoms with van der Waals surface area (Å²) in [4.78, 5) is 25.7. The van der Waals surface area contributed by atoms with Crippen LogP contribution in [0.3, 0.4) is 0 Å². The topological polar surface area (TPSA) is 93.9 Å². The van der Waals surface area contributed by atoms with Crippen molar-refractivity contribution < 1.29 is 24.2 Å². The number of carbonyl (C=O) groups excluding carboxylic acids is 1. The number of benzene rings is 2. The van der Waals surface area contributed by atoms with Gasteiger partial charge in [0.05, 0.1) is 0 Å². The maximum atomic E-state index is 12.7. The second-order valence-corrected chi connectivity index (χ2v) is 8.48. The number of carbonyl (C=O) groups is 2. The molecule has 1 aromatic heterocycles. The first-order valence-corrected chi connectivity index (χ1v) is 11.0. The summed E-state index contributed by atoms with van der Waals surface area (Å²) in [6.45, 7) is 2.84.